The van der Waals surface area contributed by atoms with Crippen LogP contribution < -0.4 is 16.0 Å². The van der Waals surface area contributed by atoms with Crippen molar-refractivity contribution in [3.63, 3.8) is 0 Å². The van der Waals surface area contributed by atoms with Gasteiger partial charge in [0, 0.05) is 20.1 Å². The van der Waals surface area contributed by atoms with Gasteiger partial charge in [-0.15, -0.1) is 0 Å². The van der Waals surface area contributed by atoms with E-state index in [2.05, 4.69) is 16.0 Å². The Morgan fingerprint density at radius 1 is 1.47 bits per heavy atom. The lowest BCUT2D eigenvalue weighted by Gasteiger charge is -2.24. The van der Waals surface area contributed by atoms with E-state index in [0.29, 0.717) is 13.0 Å². The van der Waals surface area contributed by atoms with Crippen LogP contribution in [-0.4, -0.2) is 61.4 Å². The number of likely N-dealkylation sites (N-methyl/N-ethyl adjacent to an activating group) is 1. The molecule has 0 radical (unpaired) electrons. The van der Waals surface area contributed by atoms with E-state index >= 15 is 0 Å². The third-order valence-electron chi connectivity index (χ3n) is 3.07. The van der Waals surface area contributed by atoms with Gasteiger partial charge in [0.05, 0.1) is 6.54 Å². The Labute approximate surface area is 98.9 Å². The van der Waals surface area contributed by atoms with Crippen LogP contribution in [0.15, 0.2) is 0 Å². The molecule has 2 unspecified atom stereocenters. The molecule has 0 aliphatic carbocycles. The predicted octanol–water partition coefficient (Wildman–Crippen LogP) is -2.58. The van der Waals surface area contributed by atoms with Crippen LogP contribution in [0.25, 0.3) is 0 Å². The first-order chi connectivity index (χ1) is 8.08. The van der Waals surface area contributed by atoms with E-state index in [0.717, 1.165) is 0 Å². The maximum atomic E-state index is 11.8. The Balaban J connectivity index is 1.85. The summed E-state index contributed by atoms with van der Waals surface area (Å²) in [6.45, 7) is 1.07. The van der Waals surface area contributed by atoms with Crippen LogP contribution in [0.3, 0.4) is 0 Å². The Bertz CT molecular complexity index is 347. The summed E-state index contributed by atoms with van der Waals surface area (Å²) in [5, 5.41) is 8.12. The lowest BCUT2D eigenvalue weighted by Crippen LogP contribution is -2.59. The zero-order chi connectivity index (χ0) is 12.4. The van der Waals surface area contributed by atoms with Crippen molar-refractivity contribution in [3.8, 4) is 0 Å². The molecule has 0 aromatic heterocycles. The summed E-state index contributed by atoms with van der Waals surface area (Å²) in [7, 11) is 1.72. The van der Waals surface area contributed by atoms with E-state index in [4.69, 9.17) is 0 Å². The zero-order valence-corrected chi connectivity index (χ0v) is 9.66. The van der Waals surface area contributed by atoms with Gasteiger partial charge >= 0.3 is 0 Å². The highest BCUT2D eigenvalue weighted by molar-refractivity contribution is 5.92. The first kappa shape index (κ1) is 11.8. The zero-order valence-electron chi connectivity index (χ0n) is 9.66. The van der Waals surface area contributed by atoms with E-state index in [-0.39, 0.29) is 30.8 Å². The molecule has 2 aliphatic rings. The van der Waals surface area contributed by atoms with E-state index in [9.17, 15) is 14.4 Å². The topological polar surface area (TPSA) is 90.5 Å². The molecule has 0 saturated carbocycles. The van der Waals surface area contributed by atoms with Crippen LogP contribution in [0.4, 0.5) is 0 Å². The van der Waals surface area contributed by atoms with Crippen molar-refractivity contribution in [2.24, 2.45) is 0 Å². The third-order valence-corrected chi connectivity index (χ3v) is 3.07. The summed E-state index contributed by atoms with van der Waals surface area (Å²) in [6, 6.07) is -0.877. The second-order valence-electron chi connectivity index (χ2n) is 4.35. The Morgan fingerprint density at radius 3 is 2.76 bits per heavy atom. The molecule has 2 rings (SSSR count). The van der Waals surface area contributed by atoms with Gasteiger partial charge in [0.2, 0.25) is 17.7 Å². The number of nitrogens with zero attached hydrogens (tertiary/aromatic N) is 1. The average Bonchev–Trinajstić information content (AvgIpc) is 2.62. The fourth-order valence-electron chi connectivity index (χ4n) is 1.98. The van der Waals surface area contributed by atoms with E-state index in [1.807, 2.05) is 0 Å². The van der Waals surface area contributed by atoms with Crippen molar-refractivity contribution in [3.05, 3.63) is 0 Å². The Hall–Kier alpha value is -1.63. The summed E-state index contributed by atoms with van der Waals surface area (Å²) in [4.78, 5) is 35.9. The Morgan fingerprint density at radius 2 is 2.24 bits per heavy atom. The number of amides is 3. The average molecular weight is 240 g/mol. The van der Waals surface area contributed by atoms with Gasteiger partial charge in [0.15, 0.2) is 0 Å². The maximum Gasteiger partial charge on any atom is 0.244 e. The highest BCUT2D eigenvalue weighted by Gasteiger charge is 2.32. The number of carbonyl (C=O) groups is 3. The summed E-state index contributed by atoms with van der Waals surface area (Å²) in [5.41, 5.74) is 0. The van der Waals surface area contributed by atoms with Crippen molar-refractivity contribution in [2.45, 2.75) is 18.5 Å². The minimum Gasteiger partial charge on any atom is -0.353 e. The van der Waals surface area contributed by atoms with Gasteiger partial charge in [-0.25, -0.2) is 0 Å². The summed E-state index contributed by atoms with van der Waals surface area (Å²) < 4.78 is 0. The fraction of sp³-hybridized carbons (Fsp3) is 0.700. The molecule has 2 saturated heterocycles. The van der Waals surface area contributed by atoms with Gasteiger partial charge in [0.25, 0.3) is 0 Å². The lowest BCUT2D eigenvalue weighted by atomic mass is 10.2. The molecular weight excluding hydrogens is 224 g/mol. The summed E-state index contributed by atoms with van der Waals surface area (Å²) in [6.07, 6.45) is 0.639. The second kappa shape index (κ2) is 4.70. The van der Waals surface area contributed by atoms with Crippen molar-refractivity contribution >= 4 is 17.7 Å². The van der Waals surface area contributed by atoms with Crippen LogP contribution in [0.2, 0.25) is 0 Å². The second-order valence-corrected chi connectivity index (χ2v) is 4.35. The molecule has 0 aromatic rings. The van der Waals surface area contributed by atoms with Crippen LogP contribution in [0.5, 0.6) is 0 Å². The number of nitrogens with one attached hydrogen (secondary N) is 3. The van der Waals surface area contributed by atoms with Crippen molar-refractivity contribution in [1.29, 1.82) is 0 Å². The number of rotatable bonds is 2. The molecule has 0 bridgehead atoms. The molecule has 3 amide bonds. The Kier molecular flexibility index (Phi) is 3.28. The van der Waals surface area contributed by atoms with Crippen LogP contribution >= 0.6 is 0 Å². The molecule has 3 N–H and O–H groups in total. The van der Waals surface area contributed by atoms with Crippen LogP contribution in [0.1, 0.15) is 6.42 Å². The first-order valence-electron chi connectivity index (χ1n) is 5.63. The molecule has 0 spiro atoms. The number of hydrogen-bond acceptors (Lipinski definition) is 4. The van der Waals surface area contributed by atoms with E-state index in [1.54, 1.807) is 11.9 Å². The highest BCUT2D eigenvalue weighted by atomic mass is 16.2. The molecule has 2 aliphatic heterocycles. The minimum absolute atomic E-state index is 0.0572. The standard InChI is InChI=1S/C10H16N4O3/c1-14-3-2-6(10(14)17)13-9(16)7-4-12-8(15)5-11-7/h6-7,11H,2-5H2,1H3,(H,12,15)(H,13,16). The molecule has 2 heterocycles. The molecule has 0 aromatic carbocycles. The number of carbonyl (C=O) groups excluding carboxylic acids is 3. The summed E-state index contributed by atoms with van der Waals surface area (Å²) in [5.74, 6) is -0.414. The molecule has 7 nitrogen and oxygen atoms in total. The van der Waals surface area contributed by atoms with Gasteiger partial charge in [-0.2, -0.15) is 0 Å². The maximum absolute atomic E-state index is 11.8. The molecular formula is C10H16N4O3. The van der Waals surface area contributed by atoms with Gasteiger partial charge in [-0.3, -0.25) is 19.7 Å². The number of piperazine rings is 1. The van der Waals surface area contributed by atoms with Crippen molar-refractivity contribution in [2.75, 3.05) is 26.7 Å². The lowest BCUT2D eigenvalue weighted by molar-refractivity contribution is -0.133. The van der Waals surface area contributed by atoms with Crippen LogP contribution in [-0.2, 0) is 14.4 Å². The van der Waals surface area contributed by atoms with Crippen molar-refractivity contribution in [1.82, 2.24) is 20.9 Å². The fourth-order valence-corrected chi connectivity index (χ4v) is 1.98. The van der Waals surface area contributed by atoms with Gasteiger partial charge in [0.1, 0.15) is 12.1 Å². The number of likely N-dealkylation sites (tertiary alicyclic amines) is 1. The first-order valence-corrected chi connectivity index (χ1v) is 5.63. The van der Waals surface area contributed by atoms with Gasteiger partial charge < -0.3 is 15.5 Å². The largest absolute Gasteiger partial charge is 0.353 e. The third kappa shape index (κ3) is 2.55. The number of hydrogen-bond donors (Lipinski definition) is 3. The van der Waals surface area contributed by atoms with Gasteiger partial charge in [-0.05, 0) is 6.42 Å². The van der Waals surface area contributed by atoms with E-state index < -0.39 is 12.1 Å². The predicted molar refractivity (Wildman–Crippen MR) is 59.0 cm³/mol. The molecule has 94 valence electrons. The van der Waals surface area contributed by atoms with Crippen molar-refractivity contribution < 1.29 is 14.4 Å². The molecule has 7 heteroatoms. The smallest absolute Gasteiger partial charge is 0.244 e. The molecule has 17 heavy (non-hydrogen) atoms. The highest BCUT2D eigenvalue weighted by Crippen LogP contribution is 2.08. The summed E-state index contributed by atoms with van der Waals surface area (Å²) >= 11 is 0. The normalized spacial score (nSPS) is 29.1. The monoisotopic (exact) mass is 240 g/mol. The molecule has 2 fully saturated rings. The van der Waals surface area contributed by atoms with Crippen LogP contribution in [0, 0.1) is 0 Å². The van der Waals surface area contributed by atoms with E-state index in [1.165, 1.54) is 0 Å². The minimum atomic E-state index is -0.452. The van der Waals surface area contributed by atoms with Gasteiger partial charge in [-0.1, -0.05) is 0 Å². The quantitative estimate of drug-likeness (QED) is 0.494. The molecule has 2 atom stereocenters. The SMILES string of the molecule is CN1CCC(NC(=O)C2CNC(=O)CN2)C1=O.